The lowest BCUT2D eigenvalue weighted by Gasteiger charge is -2.41. The number of hydrogen-bond acceptors (Lipinski definition) is 3. The molecule has 0 aromatic heterocycles. The van der Waals surface area contributed by atoms with Gasteiger partial charge in [-0.25, -0.2) is 4.99 Å². The van der Waals surface area contributed by atoms with Crippen LogP contribution < -0.4 is 10.6 Å². The van der Waals surface area contributed by atoms with Gasteiger partial charge in [0.15, 0.2) is 0 Å². The number of benzene rings is 4. The molecule has 0 radical (unpaired) electrons. The van der Waals surface area contributed by atoms with E-state index in [9.17, 15) is 0 Å². The summed E-state index contributed by atoms with van der Waals surface area (Å²) in [5, 5.41) is 2.72. The lowest BCUT2D eigenvalue weighted by molar-refractivity contribution is 0.271. The molecule has 4 aromatic rings. The van der Waals surface area contributed by atoms with Crippen molar-refractivity contribution in [1.29, 1.82) is 0 Å². The van der Waals surface area contributed by atoms with E-state index in [1.54, 1.807) is 0 Å². The fourth-order valence-corrected chi connectivity index (χ4v) is 7.68. The molecule has 174 valence electrons. The average Bonchev–Trinajstić information content (AvgIpc) is 3.38. The summed E-state index contributed by atoms with van der Waals surface area (Å²) < 4.78 is 9.02. The second-order valence-electron chi connectivity index (χ2n) is 9.19. The average molecular weight is 477 g/mol. The second-order valence-corrected chi connectivity index (χ2v) is 11.4. The van der Waals surface area contributed by atoms with Crippen molar-refractivity contribution in [3.8, 4) is 0 Å². The molecule has 0 saturated carbocycles. The largest absolute Gasteiger partial charge is 0.478 e. The Labute approximate surface area is 208 Å². The van der Waals surface area contributed by atoms with E-state index < -0.39 is 8.07 Å². The molecule has 4 heteroatoms. The Morgan fingerprint density at radius 2 is 1.29 bits per heavy atom. The Morgan fingerprint density at radius 3 is 1.94 bits per heavy atom. The fourth-order valence-electron chi connectivity index (χ4n) is 5.13. The van der Waals surface area contributed by atoms with Crippen LogP contribution in [0.4, 0.5) is 0 Å². The minimum absolute atomic E-state index is 0.122. The summed E-state index contributed by atoms with van der Waals surface area (Å²) >= 11 is 0. The van der Waals surface area contributed by atoms with Crippen molar-refractivity contribution in [3.05, 3.63) is 132 Å². The van der Waals surface area contributed by atoms with Gasteiger partial charge in [-0.2, -0.15) is 0 Å². The van der Waals surface area contributed by atoms with E-state index in [2.05, 4.69) is 120 Å². The predicted molar refractivity (Wildman–Crippen MR) is 146 cm³/mol. The summed E-state index contributed by atoms with van der Waals surface area (Å²) in [5.41, 5.74) is 4.12. The molecule has 35 heavy (non-hydrogen) atoms. The minimum atomic E-state index is -0.739. The third-order valence-electron chi connectivity index (χ3n) is 6.81. The van der Waals surface area contributed by atoms with Crippen molar-refractivity contribution in [3.63, 3.8) is 0 Å². The Hall–Kier alpha value is -3.26. The third-order valence-corrected chi connectivity index (χ3v) is 9.32. The molecule has 0 amide bonds. The first-order valence-corrected chi connectivity index (χ1v) is 13.6. The number of nitrogens with zero attached hydrogens (tertiary/aromatic N) is 2. The quantitative estimate of drug-likeness (QED) is 0.343. The van der Waals surface area contributed by atoms with Crippen LogP contribution in [0, 0.1) is 0 Å². The highest BCUT2D eigenvalue weighted by atomic mass is 31.1. The molecule has 2 aliphatic rings. The van der Waals surface area contributed by atoms with Gasteiger partial charge in [0, 0.05) is 14.6 Å². The van der Waals surface area contributed by atoms with E-state index in [4.69, 9.17) is 9.73 Å². The van der Waals surface area contributed by atoms with E-state index >= 15 is 0 Å². The zero-order chi connectivity index (χ0) is 23.5. The highest BCUT2D eigenvalue weighted by molar-refractivity contribution is 7.70. The highest BCUT2D eigenvalue weighted by Gasteiger charge is 2.39. The lowest BCUT2D eigenvalue weighted by Crippen LogP contribution is -2.45. The van der Waals surface area contributed by atoms with Crippen LogP contribution >= 0.6 is 8.07 Å². The Kier molecular flexibility index (Phi) is 6.45. The smallest absolute Gasteiger partial charge is 0.202 e. The lowest BCUT2D eigenvalue weighted by atomic mass is 9.96. The summed E-state index contributed by atoms with van der Waals surface area (Å²) in [6.45, 7) is 1.55. The Bertz CT molecular complexity index is 1250. The van der Waals surface area contributed by atoms with Gasteiger partial charge in [-0.1, -0.05) is 115 Å². The van der Waals surface area contributed by atoms with Crippen LogP contribution in [0.25, 0.3) is 0 Å². The van der Waals surface area contributed by atoms with Crippen molar-refractivity contribution >= 4 is 24.6 Å². The summed E-state index contributed by atoms with van der Waals surface area (Å²) in [4.78, 5) is 5.16. The van der Waals surface area contributed by atoms with Crippen LogP contribution in [0.1, 0.15) is 16.7 Å². The third kappa shape index (κ3) is 4.80. The van der Waals surface area contributed by atoms with Crippen LogP contribution in [-0.2, 0) is 24.1 Å². The van der Waals surface area contributed by atoms with Gasteiger partial charge in [-0.05, 0) is 40.1 Å². The molecule has 0 N–H and O–H groups in total. The van der Waals surface area contributed by atoms with Crippen LogP contribution in [0.5, 0.6) is 0 Å². The van der Waals surface area contributed by atoms with E-state index in [1.165, 1.54) is 27.3 Å². The molecule has 0 aliphatic carbocycles. The first-order chi connectivity index (χ1) is 17.3. The minimum Gasteiger partial charge on any atom is -0.478 e. The van der Waals surface area contributed by atoms with Gasteiger partial charge >= 0.3 is 0 Å². The second kappa shape index (κ2) is 10.2. The molecule has 2 aliphatic heterocycles. The van der Waals surface area contributed by atoms with Crippen LogP contribution in [0.15, 0.2) is 120 Å². The molecule has 4 aromatic carbocycles. The monoisotopic (exact) mass is 476 g/mol. The van der Waals surface area contributed by atoms with Crippen molar-refractivity contribution in [1.82, 2.24) is 4.67 Å². The van der Waals surface area contributed by atoms with E-state index in [0.717, 1.165) is 25.3 Å². The summed E-state index contributed by atoms with van der Waals surface area (Å²) in [6.07, 6.45) is 1.84. The predicted octanol–water partition coefficient (Wildman–Crippen LogP) is 5.50. The van der Waals surface area contributed by atoms with Crippen molar-refractivity contribution in [2.24, 2.45) is 4.99 Å². The summed E-state index contributed by atoms with van der Waals surface area (Å²) in [6, 6.07) is 41.7. The van der Waals surface area contributed by atoms with Crippen molar-refractivity contribution in [2.75, 3.05) is 6.61 Å². The number of rotatable bonds is 6. The standard InChI is InChI=1S/C31H29N2OP/c1-4-12-24(13-5-1)20-27-23-34-31(32-27)30-21-25-14-10-11-15-26(25)22-33(30)35(28-16-6-2-7-17-28)29-18-8-3-9-19-29/h1-19,27,30H,20-23H2/t27-,30-/m0/s1. The van der Waals surface area contributed by atoms with Gasteiger partial charge in [0.05, 0.1) is 12.1 Å². The maximum absolute atomic E-state index is 6.36. The molecule has 0 spiro atoms. The molecule has 6 rings (SSSR count). The van der Waals surface area contributed by atoms with E-state index in [0.29, 0.717) is 6.61 Å². The normalized spacial score (nSPS) is 19.7. The fraction of sp³-hybridized carbons (Fsp3) is 0.194. The molecule has 0 fully saturated rings. The van der Waals surface area contributed by atoms with Crippen LogP contribution in [0.2, 0.25) is 0 Å². The number of fused-ring (bicyclic) bond motifs is 1. The SMILES string of the molecule is c1ccc(C[C@H]2COC([C@@H]3Cc4ccccc4CN3P(c3ccccc3)c3ccccc3)=N2)cc1. The topological polar surface area (TPSA) is 24.8 Å². The van der Waals surface area contributed by atoms with Gasteiger partial charge in [-0.3, -0.25) is 4.67 Å². The molecule has 0 unspecified atom stereocenters. The highest BCUT2D eigenvalue weighted by Crippen LogP contribution is 2.45. The Balaban J connectivity index is 1.39. The van der Waals surface area contributed by atoms with Gasteiger partial charge in [-0.15, -0.1) is 0 Å². The van der Waals surface area contributed by atoms with E-state index in [1.807, 2.05) is 0 Å². The number of ether oxygens (including phenoxy) is 1. The molecule has 0 saturated heterocycles. The van der Waals surface area contributed by atoms with Crippen molar-refractivity contribution < 1.29 is 4.74 Å². The van der Waals surface area contributed by atoms with Gasteiger partial charge in [0.1, 0.15) is 6.61 Å². The maximum Gasteiger partial charge on any atom is 0.202 e. The van der Waals surface area contributed by atoms with Gasteiger partial charge in [0.2, 0.25) is 5.90 Å². The zero-order valence-corrected chi connectivity index (χ0v) is 20.6. The molecule has 2 atom stereocenters. The van der Waals surface area contributed by atoms with Crippen molar-refractivity contribution in [2.45, 2.75) is 31.5 Å². The number of hydrogen-bond donors (Lipinski definition) is 0. The molecule has 0 bridgehead atoms. The molecular weight excluding hydrogens is 447 g/mol. The van der Waals surface area contributed by atoms with E-state index in [-0.39, 0.29) is 12.1 Å². The van der Waals surface area contributed by atoms with Gasteiger partial charge in [0.25, 0.3) is 0 Å². The summed E-state index contributed by atoms with van der Waals surface area (Å²) in [7, 11) is -0.739. The Morgan fingerprint density at radius 1 is 0.714 bits per heavy atom. The molecular formula is C31H29N2OP. The first kappa shape index (κ1) is 22.2. The molecule has 2 heterocycles. The summed E-state index contributed by atoms with van der Waals surface area (Å²) in [5.74, 6) is 0.903. The molecule has 3 nitrogen and oxygen atoms in total. The van der Waals surface area contributed by atoms with Crippen LogP contribution in [0.3, 0.4) is 0 Å². The van der Waals surface area contributed by atoms with Crippen LogP contribution in [-0.4, -0.2) is 29.3 Å². The maximum atomic E-state index is 6.36. The number of aliphatic imine (C=N–C) groups is 1. The van der Waals surface area contributed by atoms with Gasteiger partial charge < -0.3 is 4.74 Å². The zero-order valence-electron chi connectivity index (χ0n) is 19.7. The first-order valence-electron chi connectivity index (χ1n) is 12.3.